The van der Waals surface area contributed by atoms with Crippen LogP contribution < -0.4 is 4.57 Å². The Bertz CT molecular complexity index is 1270. The molecule has 0 amide bonds. The molecule has 1 nitrogen and oxygen atoms in total. The molecule has 33 heavy (non-hydrogen) atoms. The van der Waals surface area contributed by atoms with E-state index in [0.717, 1.165) is 0 Å². The van der Waals surface area contributed by atoms with E-state index in [4.69, 9.17) is 0 Å². The maximum absolute atomic E-state index is 2.50. The summed E-state index contributed by atoms with van der Waals surface area (Å²) in [6, 6.07) is 4.53. The first-order valence-corrected chi connectivity index (χ1v) is 12.3. The van der Waals surface area contributed by atoms with Gasteiger partial charge in [0.05, 0.1) is 0 Å². The standard InChI is InChI=1S/C32H38N/c1-29(2,3)24-16-22-10-11-23-17-25(30(4,5)6)20-28-27(21-12-14-33(9)15-13-21)19-26(18-24)31(22,7)32(23,28)8/h10-20H,1-9H3/q+1/t31-,32-/m0/s1. The third-order valence-electron chi connectivity index (χ3n) is 8.56. The van der Waals surface area contributed by atoms with Crippen molar-refractivity contribution in [3.05, 3.63) is 106 Å². The summed E-state index contributed by atoms with van der Waals surface area (Å²) in [5.74, 6) is 0. The number of rotatable bonds is 1. The van der Waals surface area contributed by atoms with Crippen LogP contribution in [0.25, 0.3) is 5.57 Å². The molecule has 170 valence electrons. The minimum Gasteiger partial charge on any atom is -0.208 e. The Morgan fingerprint density at radius 3 is 1.70 bits per heavy atom. The van der Waals surface area contributed by atoms with Gasteiger partial charge in [0, 0.05) is 23.0 Å². The monoisotopic (exact) mass is 436 g/mol. The average Bonchev–Trinajstić information content (AvgIpc) is 2.71. The highest BCUT2D eigenvalue weighted by Gasteiger charge is 2.58. The molecule has 0 saturated heterocycles. The van der Waals surface area contributed by atoms with Gasteiger partial charge < -0.3 is 0 Å². The molecule has 4 aliphatic rings. The summed E-state index contributed by atoms with van der Waals surface area (Å²) in [6.07, 6.45) is 21.5. The molecule has 0 spiro atoms. The van der Waals surface area contributed by atoms with Crippen LogP contribution in [0.5, 0.6) is 0 Å². The zero-order valence-corrected chi connectivity index (χ0v) is 21.8. The smallest absolute Gasteiger partial charge is 0.169 e. The van der Waals surface area contributed by atoms with Crippen molar-refractivity contribution in [3.8, 4) is 0 Å². The summed E-state index contributed by atoms with van der Waals surface area (Å²) < 4.78 is 2.11. The molecule has 0 radical (unpaired) electrons. The lowest BCUT2D eigenvalue weighted by Gasteiger charge is -2.58. The predicted octanol–water partition coefficient (Wildman–Crippen LogP) is 7.61. The molecular weight excluding hydrogens is 398 g/mol. The van der Waals surface area contributed by atoms with Crippen molar-refractivity contribution in [1.29, 1.82) is 0 Å². The van der Waals surface area contributed by atoms with E-state index < -0.39 is 0 Å². The topological polar surface area (TPSA) is 3.88 Å². The second kappa shape index (κ2) is 6.69. The van der Waals surface area contributed by atoms with Gasteiger partial charge in [0.2, 0.25) is 0 Å². The van der Waals surface area contributed by atoms with E-state index in [2.05, 4.69) is 134 Å². The Balaban J connectivity index is 1.87. The van der Waals surface area contributed by atoms with E-state index in [1.54, 1.807) is 0 Å². The van der Waals surface area contributed by atoms with Gasteiger partial charge in [-0.3, -0.25) is 0 Å². The number of aromatic nitrogens is 1. The molecule has 0 aliphatic heterocycles. The largest absolute Gasteiger partial charge is 0.208 e. The Morgan fingerprint density at radius 1 is 0.636 bits per heavy atom. The minimum atomic E-state index is -0.111. The normalized spacial score (nSPS) is 28.5. The number of nitrogens with zero attached hydrogens (tertiary/aromatic N) is 1. The zero-order valence-electron chi connectivity index (χ0n) is 21.8. The lowest BCUT2D eigenvalue weighted by molar-refractivity contribution is -0.671. The molecule has 1 aromatic heterocycles. The van der Waals surface area contributed by atoms with Crippen LogP contribution in [-0.4, -0.2) is 0 Å². The zero-order chi connectivity index (χ0) is 24.0. The highest BCUT2D eigenvalue weighted by atomic mass is 14.9. The van der Waals surface area contributed by atoms with Crippen LogP contribution in [0.1, 0.15) is 61.0 Å². The van der Waals surface area contributed by atoms with Crippen LogP contribution in [0, 0.1) is 21.7 Å². The van der Waals surface area contributed by atoms with E-state index in [0.29, 0.717) is 0 Å². The van der Waals surface area contributed by atoms with Crippen LogP contribution in [0.3, 0.4) is 0 Å². The van der Waals surface area contributed by atoms with Crippen LogP contribution in [0.4, 0.5) is 0 Å². The van der Waals surface area contributed by atoms with Crippen molar-refractivity contribution < 1.29 is 4.57 Å². The molecule has 0 unspecified atom stereocenters. The Hall–Kier alpha value is -2.67. The van der Waals surface area contributed by atoms with Crippen molar-refractivity contribution in [1.82, 2.24) is 0 Å². The molecule has 0 aromatic carbocycles. The fraction of sp³-hybridized carbons (Fsp3) is 0.406. The summed E-state index contributed by atoms with van der Waals surface area (Å²) in [5.41, 5.74) is 11.2. The average molecular weight is 437 g/mol. The SMILES string of the molecule is C[n+]1ccc(C2=CC3=CC(C(C)(C)C)=CC4=CC=C5C=C(C(C)(C)C)C=C2[C@@]5(C)[C@@]43C)cc1. The molecule has 0 bridgehead atoms. The number of allylic oxidation sites excluding steroid dienone is 14. The molecule has 1 heterocycles. The van der Waals surface area contributed by atoms with Gasteiger partial charge in [-0.2, -0.15) is 0 Å². The number of hydrogen-bond donors (Lipinski definition) is 0. The molecule has 5 rings (SSSR count). The van der Waals surface area contributed by atoms with Gasteiger partial charge in [-0.1, -0.05) is 91.8 Å². The molecule has 0 fully saturated rings. The van der Waals surface area contributed by atoms with E-state index in [9.17, 15) is 0 Å². The molecule has 4 aliphatic carbocycles. The second-order valence-corrected chi connectivity index (χ2v) is 12.7. The molecule has 1 aromatic rings. The third-order valence-corrected chi connectivity index (χ3v) is 8.56. The van der Waals surface area contributed by atoms with Crippen molar-refractivity contribution >= 4 is 5.57 Å². The van der Waals surface area contributed by atoms with Gasteiger partial charge in [0.1, 0.15) is 7.05 Å². The predicted molar refractivity (Wildman–Crippen MR) is 139 cm³/mol. The third kappa shape index (κ3) is 3.01. The maximum Gasteiger partial charge on any atom is 0.169 e. The fourth-order valence-electron chi connectivity index (χ4n) is 5.94. The van der Waals surface area contributed by atoms with Gasteiger partial charge >= 0.3 is 0 Å². The summed E-state index contributed by atoms with van der Waals surface area (Å²) in [5, 5.41) is 0. The van der Waals surface area contributed by atoms with Gasteiger partial charge in [0.15, 0.2) is 12.4 Å². The van der Waals surface area contributed by atoms with Gasteiger partial charge in [0.25, 0.3) is 0 Å². The van der Waals surface area contributed by atoms with E-state index in [1.807, 2.05) is 0 Å². The van der Waals surface area contributed by atoms with Crippen molar-refractivity contribution in [3.63, 3.8) is 0 Å². The number of hydrogen-bond acceptors (Lipinski definition) is 0. The summed E-state index contributed by atoms with van der Waals surface area (Å²) in [6.45, 7) is 18.9. The molecule has 2 atom stereocenters. The van der Waals surface area contributed by atoms with Crippen LogP contribution in [0.15, 0.2) is 100 Å². The maximum atomic E-state index is 2.50. The molecule has 1 heteroatoms. The van der Waals surface area contributed by atoms with Crippen molar-refractivity contribution in [2.24, 2.45) is 28.7 Å². The highest BCUT2D eigenvalue weighted by molar-refractivity contribution is 5.89. The number of aryl methyl sites for hydroxylation is 1. The molecular formula is C32H38N+. The van der Waals surface area contributed by atoms with E-state index in [1.165, 1.54) is 44.6 Å². The number of pyridine rings is 1. The van der Waals surface area contributed by atoms with E-state index in [-0.39, 0.29) is 21.7 Å². The first-order valence-electron chi connectivity index (χ1n) is 12.3. The summed E-state index contributed by atoms with van der Waals surface area (Å²) in [7, 11) is 2.08. The minimum absolute atomic E-state index is 0.0828. The highest BCUT2D eigenvalue weighted by Crippen LogP contribution is 2.68. The Labute approximate surface area is 200 Å². The van der Waals surface area contributed by atoms with Crippen LogP contribution in [-0.2, 0) is 7.05 Å². The van der Waals surface area contributed by atoms with Gasteiger partial charge in [-0.05, 0) is 61.5 Å². The Morgan fingerprint density at radius 2 is 1.15 bits per heavy atom. The molecule has 0 N–H and O–H groups in total. The van der Waals surface area contributed by atoms with Crippen molar-refractivity contribution in [2.75, 3.05) is 0 Å². The van der Waals surface area contributed by atoms with Gasteiger partial charge in [-0.15, -0.1) is 0 Å². The van der Waals surface area contributed by atoms with Crippen molar-refractivity contribution in [2.45, 2.75) is 55.4 Å². The summed E-state index contributed by atoms with van der Waals surface area (Å²) >= 11 is 0. The molecule has 0 saturated carbocycles. The lowest BCUT2D eigenvalue weighted by Crippen LogP contribution is -2.49. The first kappa shape index (κ1) is 22.1. The first-order chi connectivity index (χ1) is 15.3. The lowest BCUT2D eigenvalue weighted by atomic mass is 9.44. The second-order valence-electron chi connectivity index (χ2n) is 12.7. The van der Waals surface area contributed by atoms with Crippen LogP contribution in [0.2, 0.25) is 0 Å². The van der Waals surface area contributed by atoms with Gasteiger partial charge in [-0.25, -0.2) is 4.57 Å². The Kier molecular flexibility index (Phi) is 4.49. The van der Waals surface area contributed by atoms with E-state index >= 15 is 0 Å². The van der Waals surface area contributed by atoms with Crippen LogP contribution >= 0.6 is 0 Å². The quantitative estimate of drug-likeness (QED) is 0.399. The fourth-order valence-corrected chi connectivity index (χ4v) is 5.94. The summed E-state index contributed by atoms with van der Waals surface area (Å²) in [4.78, 5) is 0.